The molecule has 0 amide bonds. The van der Waals surface area contributed by atoms with Crippen LogP contribution in [0.1, 0.15) is 13.8 Å². The van der Waals surface area contributed by atoms with Gasteiger partial charge in [-0.15, -0.1) is 0 Å². The molecule has 0 aromatic heterocycles. The van der Waals surface area contributed by atoms with Crippen LogP contribution in [0.3, 0.4) is 0 Å². The van der Waals surface area contributed by atoms with E-state index in [1.165, 1.54) is 11.1 Å². The first-order valence-corrected chi connectivity index (χ1v) is 9.50. The van der Waals surface area contributed by atoms with Crippen molar-refractivity contribution < 1.29 is 14.7 Å². The Kier molecular flexibility index (Phi) is 7.20. The van der Waals surface area contributed by atoms with Crippen molar-refractivity contribution in [3.05, 3.63) is 29.7 Å². The molecule has 0 atom stereocenters. The van der Waals surface area contributed by atoms with Gasteiger partial charge in [0.25, 0.3) is 0 Å². The molecule has 0 aromatic rings. The summed E-state index contributed by atoms with van der Waals surface area (Å²) in [4.78, 5) is 0. The van der Waals surface area contributed by atoms with Gasteiger partial charge in [0.15, 0.2) is 0 Å². The van der Waals surface area contributed by atoms with Gasteiger partial charge in [-0.2, -0.15) is 0 Å². The molecule has 0 bridgehead atoms. The molecule has 0 aliphatic heterocycles. The van der Waals surface area contributed by atoms with Crippen molar-refractivity contribution in [1.29, 1.82) is 0 Å². The van der Waals surface area contributed by atoms with Crippen molar-refractivity contribution in [2.45, 2.75) is 13.8 Å². The fourth-order valence-electron chi connectivity index (χ4n) is 0.718. The Morgan fingerprint density at radius 1 is 1.00 bits per heavy atom. The molecule has 0 saturated carbocycles. The summed E-state index contributed by atoms with van der Waals surface area (Å²) < 4.78 is 0. The minimum atomic E-state index is -1.92. The summed E-state index contributed by atoms with van der Waals surface area (Å²) in [5.41, 5.74) is 2.72. The van der Waals surface area contributed by atoms with Gasteiger partial charge >= 0.3 is 42.6 Å². The van der Waals surface area contributed by atoms with Crippen molar-refractivity contribution >= 4 is 27.9 Å². The summed E-state index contributed by atoms with van der Waals surface area (Å²) in [6, 6.07) is 0. The second kappa shape index (κ2) is 6.57. The first kappa shape index (κ1) is 12.1. The van der Waals surface area contributed by atoms with Crippen LogP contribution in [-0.2, 0) is 14.7 Å². The number of hydrogen-bond donors (Lipinski definition) is 0. The summed E-state index contributed by atoms with van der Waals surface area (Å²) in [5, 5.41) is 0. The average molecular weight is 247 g/mol. The van der Waals surface area contributed by atoms with E-state index >= 15 is 0 Å². The normalized spacial score (nSPS) is 14.6. The van der Waals surface area contributed by atoms with Gasteiger partial charge in [-0.3, -0.25) is 0 Å². The molecule has 0 saturated heterocycles. The molecular formula is C7H9Cl3Ti. The topological polar surface area (TPSA) is 0 Å². The fourth-order valence-corrected chi connectivity index (χ4v) is 0.718. The minimum absolute atomic E-state index is 1.36. The Bertz CT molecular complexity index is 154. The third kappa shape index (κ3) is 8.97. The van der Waals surface area contributed by atoms with Crippen LogP contribution >= 0.6 is 27.9 Å². The quantitative estimate of drug-likeness (QED) is 0.564. The van der Waals surface area contributed by atoms with E-state index in [4.69, 9.17) is 27.9 Å². The van der Waals surface area contributed by atoms with Crippen LogP contribution in [0.4, 0.5) is 0 Å². The van der Waals surface area contributed by atoms with Gasteiger partial charge in [0.2, 0.25) is 0 Å². The summed E-state index contributed by atoms with van der Waals surface area (Å²) in [5.74, 6) is 0. The van der Waals surface area contributed by atoms with E-state index in [1.54, 1.807) is 0 Å². The molecule has 62 valence electrons. The molecule has 0 spiro atoms. The van der Waals surface area contributed by atoms with Gasteiger partial charge in [-0.25, -0.2) is 0 Å². The maximum atomic E-state index is 4.97. The summed E-state index contributed by atoms with van der Waals surface area (Å²) in [6.07, 6.45) is 6.41. The molecule has 4 heteroatoms. The predicted molar refractivity (Wildman–Crippen MR) is 49.4 cm³/mol. The zero-order valence-electron chi connectivity index (χ0n) is 6.37. The Morgan fingerprint density at radius 2 is 1.27 bits per heavy atom. The van der Waals surface area contributed by atoms with Crippen LogP contribution in [0.15, 0.2) is 23.3 Å². The molecule has 0 nitrogen and oxygen atoms in total. The second-order valence-corrected chi connectivity index (χ2v) is 9.92. The van der Waals surface area contributed by atoms with Crippen LogP contribution in [0.2, 0.25) is 0 Å². The van der Waals surface area contributed by atoms with E-state index in [0.29, 0.717) is 0 Å². The van der Waals surface area contributed by atoms with Crippen molar-refractivity contribution in [3.63, 3.8) is 0 Å². The number of rotatable bonds is 0. The monoisotopic (exact) mass is 246 g/mol. The van der Waals surface area contributed by atoms with E-state index < -0.39 is 14.7 Å². The van der Waals surface area contributed by atoms with Crippen LogP contribution in [0, 0.1) is 6.42 Å². The average Bonchev–Trinajstić information content (AvgIpc) is 2.13. The van der Waals surface area contributed by atoms with Crippen molar-refractivity contribution in [2.24, 2.45) is 0 Å². The van der Waals surface area contributed by atoms with Crippen LogP contribution in [-0.4, -0.2) is 0 Å². The van der Waals surface area contributed by atoms with Gasteiger partial charge < -0.3 is 0 Å². The molecule has 0 fully saturated rings. The van der Waals surface area contributed by atoms with Crippen LogP contribution in [0.5, 0.6) is 0 Å². The Morgan fingerprint density at radius 3 is 1.36 bits per heavy atom. The van der Waals surface area contributed by atoms with Gasteiger partial charge in [-0.1, -0.05) is 23.3 Å². The van der Waals surface area contributed by atoms with E-state index in [1.807, 2.05) is 0 Å². The molecule has 1 aliphatic carbocycles. The molecule has 11 heavy (non-hydrogen) atoms. The molecule has 0 aromatic carbocycles. The molecule has 0 N–H and O–H groups in total. The van der Waals surface area contributed by atoms with Crippen molar-refractivity contribution in [2.75, 3.05) is 0 Å². The first-order valence-electron chi connectivity index (χ1n) is 3.05. The Balaban J connectivity index is 0.000000218. The SMILES string of the molecule is CC1=CC=C(C)[CH]1.[Cl][Ti]([Cl])[Cl]. The van der Waals surface area contributed by atoms with Gasteiger partial charge in [0.1, 0.15) is 0 Å². The molecule has 0 heterocycles. The number of hydrogen-bond acceptors (Lipinski definition) is 0. The maximum absolute atomic E-state index is 4.97. The Hall–Kier alpha value is 1.06. The van der Waals surface area contributed by atoms with E-state index in [2.05, 4.69) is 32.4 Å². The van der Waals surface area contributed by atoms with E-state index in [0.717, 1.165) is 0 Å². The predicted octanol–water partition coefficient (Wildman–Crippen LogP) is 4.16. The molecule has 0 unspecified atom stereocenters. The van der Waals surface area contributed by atoms with Gasteiger partial charge in [0, 0.05) is 6.42 Å². The van der Waals surface area contributed by atoms with E-state index in [-0.39, 0.29) is 0 Å². The first-order chi connectivity index (χ1) is 5.02. The third-order valence-electron chi connectivity index (χ3n) is 1.06. The fraction of sp³-hybridized carbons (Fsp3) is 0.286. The Labute approximate surface area is 85.7 Å². The van der Waals surface area contributed by atoms with Gasteiger partial charge in [0.05, 0.1) is 0 Å². The van der Waals surface area contributed by atoms with Crippen LogP contribution < -0.4 is 0 Å². The molecule has 1 radical (unpaired) electrons. The van der Waals surface area contributed by atoms with Crippen molar-refractivity contribution in [3.8, 4) is 0 Å². The van der Waals surface area contributed by atoms with E-state index in [9.17, 15) is 0 Å². The molecular weight excluding hydrogens is 238 g/mol. The van der Waals surface area contributed by atoms with Gasteiger partial charge in [-0.05, 0) is 13.8 Å². The van der Waals surface area contributed by atoms with Crippen LogP contribution in [0.25, 0.3) is 0 Å². The number of allylic oxidation sites excluding steroid dienone is 4. The molecule has 1 aliphatic rings. The second-order valence-electron chi connectivity index (χ2n) is 2.18. The zero-order valence-corrected chi connectivity index (χ0v) is 10.2. The summed E-state index contributed by atoms with van der Waals surface area (Å²) >= 11 is -1.92. The molecule has 1 rings (SSSR count). The summed E-state index contributed by atoms with van der Waals surface area (Å²) in [7, 11) is 14.9. The van der Waals surface area contributed by atoms with Crippen molar-refractivity contribution in [1.82, 2.24) is 0 Å². The zero-order chi connectivity index (χ0) is 8.85. The number of halogens is 3. The summed E-state index contributed by atoms with van der Waals surface area (Å²) in [6.45, 7) is 4.21. The standard InChI is InChI=1S/C7H9.3ClH.Ti/c1-6-3-4-7(2)5-6;;;;/h3-5H,1-2H3;3*1H;/q;;;;+3/p-3. The third-order valence-corrected chi connectivity index (χ3v) is 1.06.